The molecule has 0 saturated heterocycles. The number of nitrogens with one attached hydrogen (secondary N) is 1. The highest BCUT2D eigenvalue weighted by Crippen LogP contribution is 2.26. The second kappa shape index (κ2) is 6.55. The molecule has 1 atom stereocenters. The number of hydrogen-bond acceptors (Lipinski definition) is 7. The lowest BCUT2D eigenvalue weighted by molar-refractivity contribution is -0.115. The molecule has 9 heteroatoms. The molecule has 0 aliphatic heterocycles. The van der Waals surface area contributed by atoms with Crippen molar-refractivity contribution in [2.24, 2.45) is 7.05 Å². The molecule has 120 valence electrons. The van der Waals surface area contributed by atoms with Gasteiger partial charge in [0.15, 0.2) is 21.9 Å². The maximum atomic E-state index is 12.2. The van der Waals surface area contributed by atoms with Gasteiger partial charge in [-0.15, -0.1) is 21.5 Å². The van der Waals surface area contributed by atoms with E-state index in [2.05, 4.69) is 20.5 Å². The minimum atomic E-state index is -0.327. The van der Waals surface area contributed by atoms with Gasteiger partial charge in [0, 0.05) is 12.4 Å². The van der Waals surface area contributed by atoms with E-state index in [1.165, 1.54) is 23.1 Å². The highest BCUT2D eigenvalue weighted by molar-refractivity contribution is 8.00. The Hall–Kier alpha value is -2.13. The third-order valence-electron chi connectivity index (χ3n) is 3.08. The van der Waals surface area contributed by atoms with Crippen molar-refractivity contribution in [1.82, 2.24) is 19.7 Å². The third kappa shape index (κ3) is 3.45. The van der Waals surface area contributed by atoms with Crippen LogP contribution in [0.5, 0.6) is 0 Å². The minimum absolute atomic E-state index is 0.119. The largest absolute Gasteiger partial charge is 0.461 e. The molecular formula is C14H15N5O2S2. The van der Waals surface area contributed by atoms with Crippen molar-refractivity contribution < 1.29 is 9.21 Å². The molecular weight excluding hydrogens is 334 g/mol. The number of carbonyl (C=O) groups excluding carboxylic acids is 1. The molecule has 3 aromatic rings. The first kappa shape index (κ1) is 15.8. The van der Waals surface area contributed by atoms with Crippen molar-refractivity contribution in [2.75, 3.05) is 5.32 Å². The molecule has 0 unspecified atom stereocenters. The number of amides is 1. The number of aryl methyl sites for hydroxylation is 1. The zero-order valence-corrected chi connectivity index (χ0v) is 14.4. The van der Waals surface area contributed by atoms with Gasteiger partial charge in [-0.3, -0.25) is 4.79 Å². The SMILES string of the molecule is Cc1csc(NC(=O)[C@@H](C)Sc2nnc(-c3ccco3)n2C)n1. The molecule has 7 nitrogen and oxygen atoms in total. The lowest BCUT2D eigenvalue weighted by Crippen LogP contribution is -2.22. The molecule has 23 heavy (non-hydrogen) atoms. The van der Waals surface area contributed by atoms with Crippen molar-refractivity contribution in [2.45, 2.75) is 24.3 Å². The van der Waals surface area contributed by atoms with E-state index in [4.69, 9.17) is 4.42 Å². The molecule has 0 spiro atoms. The van der Waals surface area contributed by atoms with Crippen molar-refractivity contribution in [3.05, 3.63) is 29.5 Å². The van der Waals surface area contributed by atoms with E-state index in [0.29, 0.717) is 21.9 Å². The van der Waals surface area contributed by atoms with Crippen LogP contribution in [0.1, 0.15) is 12.6 Å². The van der Waals surface area contributed by atoms with Gasteiger partial charge in [-0.05, 0) is 26.0 Å². The Kier molecular flexibility index (Phi) is 4.49. The Morgan fingerprint density at radius 2 is 2.30 bits per heavy atom. The number of aromatic nitrogens is 4. The van der Waals surface area contributed by atoms with Crippen LogP contribution in [0.25, 0.3) is 11.6 Å². The molecule has 0 aliphatic rings. The average molecular weight is 349 g/mol. The number of furan rings is 1. The molecule has 3 rings (SSSR count). The average Bonchev–Trinajstić information content (AvgIpc) is 3.23. The zero-order chi connectivity index (χ0) is 16.4. The van der Waals surface area contributed by atoms with Gasteiger partial charge in [0.25, 0.3) is 0 Å². The summed E-state index contributed by atoms with van der Waals surface area (Å²) in [5, 5.41) is 13.9. The highest BCUT2D eigenvalue weighted by Gasteiger charge is 2.20. The first-order chi connectivity index (χ1) is 11.0. The predicted octanol–water partition coefficient (Wildman–Crippen LogP) is 2.96. The van der Waals surface area contributed by atoms with E-state index in [1.807, 2.05) is 32.3 Å². The Balaban J connectivity index is 1.68. The molecule has 0 radical (unpaired) electrons. The van der Waals surface area contributed by atoms with Crippen molar-refractivity contribution in [3.63, 3.8) is 0 Å². The second-order valence-electron chi connectivity index (χ2n) is 4.89. The Morgan fingerprint density at radius 1 is 1.48 bits per heavy atom. The van der Waals surface area contributed by atoms with Crippen LogP contribution in [-0.4, -0.2) is 30.9 Å². The van der Waals surface area contributed by atoms with Crippen LogP contribution >= 0.6 is 23.1 Å². The normalized spacial score (nSPS) is 12.3. The van der Waals surface area contributed by atoms with Crippen LogP contribution < -0.4 is 5.32 Å². The van der Waals surface area contributed by atoms with Crippen LogP contribution in [0.2, 0.25) is 0 Å². The van der Waals surface area contributed by atoms with Crippen molar-refractivity contribution in [3.8, 4) is 11.6 Å². The zero-order valence-electron chi connectivity index (χ0n) is 12.8. The fourth-order valence-corrected chi connectivity index (χ4v) is 3.37. The monoisotopic (exact) mass is 349 g/mol. The van der Waals surface area contributed by atoms with E-state index in [0.717, 1.165) is 5.69 Å². The maximum absolute atomic E-state index is 12.2. The van der Waals surface area contributed by atoms with E-state index in [1.54, 1.807) is 16.9 Å². The topological polar surface area (TPSA) is 85.8 Å². The van der Waals surface area contributed by atoms with Gasteiger partial charge in [-0.25, -0.2) is 4.98 Å². The lowest BCUT2D eigenvalue weighted by atomic mass is 10.4. The molecule has 0 fully saturated rings. The Morgan fingerprint density at radius 3 is 2.96 bits per heavy atom. The quantitative estimate of drug-likeness (QED) is 0.713. The summed E-state index contributed by atoms with van der Waals surface area (Å²) in [4.78, 5) is 16.5. The van der Waals surface area contributed by atoms with Gasteiger partial charge in [0.05, 0.1) is 17.2 Å². The van der Waals surface area contributed by atoms with E-state index in [-0.39, 0.29) is 11.2 Å². The first-order valence-electron chi connectivity index (χ1n) is 6.87. The molecule has 3 heterocycles. The van der Waals surface area contributed by atoms with E-state index >= 15 is 0 Å². The van der Waals surface area contributed by atoms with Gasteiger partial charge in [-0.1, -0.05) is 11.8 Å². The van der Waals surface area contributed by atoms with Crippen molar-refractivity contribution in [1.29, 1.82) is 0 Å². The van der Waals surface area contributed by atoms with Gasteiger partial charge in [0.2, 0.25) is 5.91 Å². The number of nitrogens with zero attached hydrogens (tertiary/aromatic N) is 4. The number of carbonyl (C=O) groups is 1. The summed E-state index contributed by atoms with van der Waals surface area (Å²) in [6.45, 7) is 3.71. The third-order valence-corrected chi connectivity index (χ3v) is 5.09. The molecule has 0 saturated carbocycles. The van der Waals surface area contributed by atoms with Crippen LogP contribution in [0, 0.1) is 6.92 Å². The number of anilines is 1. The van der Waals surface area contributed by atoms with Crippen LogP contribution in [0.3, 0.4) is 0 Å². The van der Waals surface area contributed by atoms with E-state index in [9.17, 15) is 4.79 Å². The van der Waals surface area contributed by atoms with Crippen LogP contribution in [-0.2, 0) is 11.8 Å². The minimum Gasteiger partial charge on any atom is -0.461 e. The summed E-state index contributed by atoms with van der Waals surface area (Å²) in [7, 11) is 1.84. The summed E-state index contributed by atoms with van der Waals surface area (Å²) in [6.07, 6.45) is 1.59. The van der Waals surface area contributed by atoms with Gasteiger partial charge in [-0.2, -0.15) is 0 Å². The van der Waals surface area contributed by atoms with Crippen molar-refractivity contribution >= 4 is 34.1 Å². The summed E-state index contributed by atoms with van der Waals surface area (Å²) >= 11 is 2.74. The lowest BCUT2D eigenvalue weighted by Gasteiger charge is -2.09. The molecule has 0 aliphatic carbocycles. The van der Waals surface area contributed by atoms with Crippen LogP contribution in [0.15, 0.2) is 33.3 Å². The molecule has 1 amide bonds. The predicted molar refractivity (Wildman–Crippen MR) is 89.5 cm³/mol. The summed E-state index contributed by atoms with van der Waals surface area (Å²) in [5.74, 6) is 1.15. The number of hydrogen-bond donors (Lipinski definition) is 1. The van der Waals surface area contributed by atoms with Gasteiger partial charge < -0.3 is 14.3 Å². The van der Waals surface area contributed by atoms with Gasteiger partial charge in [0.1, 0.15) is 0 Å². The fourth-order valence-electron chi connectivity index (χ4n) is 1.87. The fraction of sp³-hybridized carbons (Fsp3) is 0.286. The standard InChI is InChI=1S/C14H15N5O2S2/c1-8-7-22-13(15-8)16-12(20)9(2)23-14-18-17-11(19(14)3)10-5-4-6-21-10/h4-7,9H,1-3H3,(H,15,16,20)/t9-/m1/s1. The smallest absolute Gasteiger partial charge is 0.239 e. The van der Waals surface area contributed by atoms with Crippen LogP contribution in [0.4, 0.5) is 5.13 Å². The molecule has 3 aromatic heterocycles. The van der Waals surface area contributed by atoms with Gasteiger partial charge >= 0.3 is 0 Å². The highest BCUT2D eigenvalue weighted by atomic mass is 32.2. The summed E-state index contributed by atoms with van der Waals surface area (Å²) in [5.41, 5.74) is 0.891. The van der Waals surface area contributed by atoms with E-state index < -0.39 is 0 Å². The molecule has 0 bridgehead atoms. The number of thiazole rings is 1. The first-order valence-corrected chi connectivity index (χ1v) is 8.63. The maximum Gasteiger partial charge on any atom is 0.239 e. The Labute approximate surface area is 141 Å². The number of rotatable bonds is 5. The summed E-state index contributed by atoms with van der Waals surface area (Å²) < 4.78 is 7.14. The summed E-state index contributed by atoms with van der Waals surface area (Å²) in [6, 6.07) is 3.61. The second-order valence-corrected chi connectivity index (χ2v) is 7.05. The number of thioether (sulfide) groups is 1. The Bertz CT molecular complexity index is 809. The molecule has 1 N–H and O–H groups in total. The molecule has 0 aromatic carbocycles.